The molecule has 1 amide bonds. The fourth-order valence-electron chi connectivity index (χ4n) is 3.39. The molecule has 2 aromatic carbocycles. The summed E-state index contributed by atoms with van der Waals surface area (Å²) in [4.78, 5) is 17.6. The average molecular weight is 501 g/mol. The molecule has 4 rings (SSSR count). The largest absolute Gasteiger partial charge is 0.318 e. The summed E-state index contributed by atoms with van der Waals surface area (Å²) in [5.74, 6) is -0.151. The van der Waals surface area contributed by atoms with E-state index in [9.17, 15) is 4.79 Å². The Bertz CT molecular complexity index is 1230. The number of aromatic nitrogens is 1. The number of carbonyl (C=O) groups excluding carboxylic acids is 1. The van der Waals surface area contributed by atoms with Gasteiger partial charge in [-0.05, 0) is 102 Å². The van der Waals surface area contributed by atoms with E-state index in [0.29, 0.717) is 20.8 Å². The zero-order valence-electron chi connectivity index (χ0n) is 16.7. The predicted molar refractivity (Wildman–Crippen MR) is 130 cm³/mol. The van der Waals surface area contributed by atoms with Gasteiger partial charge in [0.15, 0.2) is 5.17 Å². The van der Waals surface area contributed by atoms with Crippen molar-refractivity contribution in [1.82, 2.24) is 9.88 Å². The number of hydrogen-bond acceptors (Lipinski definition) is 3. The van der Waals surface area contributed by atoms with Crippen LogP contribution in [0.1, 0.15) is 22.5 Å². The van der Waals surface area contributed by atoms with Gasteiger partial charge in [0, 0.05) is 21.5 Å². The molecule has 1 aliphatic rings. The molecule has 0 spiro atoms. The van der Waals surface area contributed by atoms with Gasteiger partial charge in [-0.15, -0.1) is 0 Å². The van der Waals surface area contributed by atoms with Gasteiger partial charge in [0.05, 0.1) is 15.6 Å². The molecule has 7 heteroatoms. The molecule has 1 saturated heterocycles. The lowest BCUT2D eigenvalue weighted by atomic mass is 10.2. The van der Waals surface area contributed by atoms with E-state index in [1.54, 1.807) is 6.07 Å². The van der Waals surface area contributed by atoms with Crippen molar-refractivity contribution in [3.63, 3.8) is 0 Å². The van der Waals surface area contributed by atoms with E-state index in [2.05, 4.69) is 81.9 Å². The molecule has 1 N–H and O–H groups in total. The number of rotatable bonds is 3. The second-order valence-corrected chi connectivity index (χ2v) is 9.37. The number of halogens is 2. The minimum absolute atomic E-state index is 0.151. The molecule has 0 atom stereocenters. The maximum atomic E-state index is 12.5. The molecule has 2 heterocycles. The van der Waals surface area contributed by atoms with Crippen LogP contribution in [0.15, 0.2) is 62.9 Å². The van der Waals surface area contributed by atoms with Crippen LogP contribution in [-0.4, -0.2) is 15.6 Å². The molecule has 0 unspecified atom stereocenters. The molecule has 1 fully saturated rings. The molecule has 0 saturated carbocycles. The zero-order chi connectivity index (χ0) is 21.4. The molecule has 1 aliphatic heterocycles. The van der Waals surface area contributed by atoms with Crippen LogP contribution in [0.4, 0.5) is 5.69 Å². The van der Waals surface area contributed by atoms with E-state index in [1.807, 2.05) is 18.2 Å². The first-order valence-corrected chi connectivity index (χ1v) is 11.3. The molecule has 0 radical (unpaired) electrons. The molecular weight excluding hydrogens is 482 g/mol. The van der Waals surface area contributed by atoms with Gasteiger partial charge in [-0.2, -0.15) is 0 Å². The topological polar surface area (TPSA) is 46.4 Å². The van der Waals surface area contributed by atoms with Gasteiger partial charge in [-0.3, -0.25) is 4.79 Å². The summed E-state index contributed by atoms with van der Waals surface area (Å²) >= 11 is 10.8. The molecule has 3 aromatic rings. The van der Waals surface area contributed by atoms with Crippen LogP contribution >= 0.6 is 39.3 Å². The fraction of sp³-hybridized carbons (Fsp3) is 0.130. The summed E-state index contributed by atoms with van der Waals surface area (Å²) in [6.07, 6.45) is 1.92. The SMILES string of the molecule is Cc1cccc(-n2c(C)cc(/C=C3\SC(=Nc4ccc(Br)c(Cl)c4)NC3=O)c2C)c1. The first kappa shape index (κ1) is 21.0. The molecule has 30 heavy (non-hydrogen) atoms. The molecule has 1 aromatic heterocycles. The normalized spacial score (nSPS) is 16.5. The van der Waals surface area contributed by atoms with E-state index in [4.69, 9.17) is 11.6 Å². The Labute approximate surface area is 193 Å². The summed E-state index contributed by atoms with van der Waals surface area (Å²) in [5.41, 5.74) is 6.23. The number of aryl methyl sites for hydroxylation is 2. The molecule has 0 bridgehead atoms. The lowest BCUT2D eigenvalue weighted by molar-refractivity contribution is -0.115. The summed E-state index contributed by atoms with van der Waals surface area (Å²) < 4.78 is 3.01. The van der Waals surface area contributed by atoms with Crippen molar-refractivity contribution in [3.05, 3.63) is 85.4 Å². The highest BCUT2D eigenvalue weighted by Gasteiger charge is 2.24. The number of thioether (sulfide) groups is 1. The third-order valence-corrected chi connectivity index (χ3v) is 6.94. The summed E-state index contributed by atoms with van der Waals surface area (Å²) in [7, 11) is 0. The van der Waals surface area contributed by atoms with Gasteiger partial charge in [-0.25, -0.2) is 4.99 Å². The Morgan fingerprint density at radius 3 is 2.67 bits per heavy atom. The quantitative estimate of drug-likeness (QED) is 0.406. The minimum atomic E-state index is -0.151. The van der Waals surface area contributed by atoms with Crippen LogP contribution in [-0.2, 0) is 4.79 Å². The predicted octanol–water partition coefficient (Wildman–Crippen LogP) is 6.71. The number of aliphatic imine (C=N–C) groups is 1. The third-order valence-electron chi connectivity index (χ3n) is 4.80. The van der Waals surface area contributed by atoms with E-state index in [1.165, 1.54) is 17.3 Å². The monoisotopic (exact) mass is 499 g/mol. The highest BCUT2D eigenvalue weighted by atomic mass is 79.9. The number of nitrogens with zero attached hydrogens (tertiary/aromatic N) is 2. The average Bonchev–Trinajstić information content (AvgIpc) is 3.17. The molecule has 4 nitrogen and oxygen atoms in total. The van der Waals surface area contributed by atoms with Crippen molar-refractivity contribution >= 4 is 62.1 Å². The maximum absolute atomic E-state index is 12.5. The summed E-state index contributed by atoms with van der Waals surface area (Å²) in [6, 6.07) is 15.9. The lowest BCUT2D eigenvalue weighted by Crippen LogP contribution is -2.19. The number of amidine groups is 1. The van der Waals surface area contributed by atoms with Crippen molar-refractivity contribution in [1.29, 1.82) is 0 Å². The molecule has 152 valence electrons. The van der Waals surface area contributed by atoms with E-state index in [-0.39, 0.29) is 5.91 Å². The number of carbonyl (C=O) groups is 1. The van der Waals surface area contributed by atoms with E-state index < -0.39 is 0 Å². The Kier molecular flexibility index (Phi) is 5.91. The molecule has 0 aliphatic carbocycles. The van der Waals surface area contributed by atoms with Crippen LogP contribution in [0.2, 0.25) is 5.02 Å². The number of nitrogens with one attached hydrogen (secondary N) is 1. The number of benzene rings is 2. The Hall–Kier alpha value is -2.28. The third kappa shape index (κ3) is 4.26. The van der Waals surface area contributed by atoms with Gasteiger partial charge in [0.2, 0.25) is 0 Å². The number of hydrogen-bond donors (Lipinski definition) is 1. The smallest absolute Gasteiger partial charge is 0.264 e. The van der Waals surface area contributed by atoms with Gasteiger partial charge in [0.25, 0.3) is 5.91 Å². The van der Waals surface area contributed by atoms with Crippen molar-refractivity contribution < 1.29 is 4.79 Å². The van der Waals surface area contributed by atoms with Gasteiger partial charge >= 0.3 is 0 Å². The minimum Gasteiger partial charge on any atom is -0.318 e. The second-order valence-electron chi connectivity index (χ2n) is 7.08. The van der Waals surface area contributed by atoms with Gasteiger partial charge in [0.1, 0.15) is 0 Å². The zero-order valence-corrected chi connectivity index (χ0v) is 19.8. The van der Waals surface area contributed by atoms with Crippen LogP contribution < -0.4 is 5.32 Å². The van der Waals surface area contributed by atoms with Crippen LogP contribution in [0.3, 0.4) is 0 Å². The van der Waals surface area contributed by atoms with Crippen LogP contribution in [0.5, 0.6) is 0 Å². The van der Waals surface area contributed by atoms with Crippen LogP contribution in [0.25, 0.3) is 11.8 Å². The van der Waals surface area contributed by atoms with Crippen molar-refractivity contribution in [2.24, 2.45) is 4.99 Å². The first-order valence-electron chi connectivity index (χ1n) is 9.32. The highest BCUT2D eigenvalue weighted by molar-refractivity contribution is 9.10. The fourth-order valence-corrected chi connectivity index (χ4v) is 4.65. The second kappa shape index (κ2) is 8.46. The maximum Gasteiger partial charge on any atom is 0.264 e. The highest BCUT2D eigenvalue weighted by Crippen LogP contribution is 2.32. The van der Waals surface area contributed by atoms with Crippen LogP contribution in [0, 0.1) is 20.8 Å². The Balaban J connectivity index is 1.64. The van der Waals surface area contributed by atoms with Crippen molar-refractivity contribution in [2.45, 2.75) is 20.8 Å². The Morgan fingerprint density at radius 1 is 1.13 bits per heavy atom. The number of amides is 1. The Morgan fingerprint density at radius 2 is 1.93 bits per heavy atom. The lowest BCUT2D eigenvalue weighted by Gasteiger charge is -2.10. The standard InChI is InChI=1S/C23H19BrClN3OS/c1-13-5-4-6-18(9-13)28-14(2)10-16(15(28)3)11-21-22(29)27-23(30-21)26-17-7-8-19(24)20(25)12-17/h4-12H,1-3H3,(H,26,27,29)/b21-11-. The summed E-state index contributed by atoms with van der Waals surface area (Å²) in [6.45, 7) is 6.22. The van der Waals surface area contributed by atoms with Gasteiger partial charge < -0.3 is 9.88 Å². The van der Waals surface area contributed by atoms with Crippen molar-refractivity contribution in [3.8, 4) is 5.69 Å². The van der Waals surface area contributed by atoms with E-state index >= 15 is 0 Å². The summed E-state index contributed by atoms with van der Waals surface area (Å²) in [5, 5.41) is 3.94. The molecular formula is C23H19BrClN3OS. The van der Waals surface area contributed by atoms with Gasteiger partial charge in [-0.1, -0.05) is 23.7 Å². The van der Waals surface area contributed by atoms with E-state index in [0.717, 1.165) is 27.1 Å². The first-order chi connectivity index (χ1) is 14.3. The van der Waals surface area contributed by atoms with Crippen molar-refractivity contribution in [2.75, 3.05) is 0 Å².